The van der Waals surface area contributed by atoms with Crippen molar-refractivity contribution in [1.29, 1.82) is 0 Å². The minimum atomic E-state index is -0.904. The van der Waals surface area contributed by atoms with Gasteiger partial charge in [0, 0.05) is 37.4 Å². The minimum Gasteiger partial charge on any atom is -0.453 e. The number of fused-ring (bicyclic) bond motifs is 1. The molecule has 64 heavy (non-hydrogen) atoms. The number of carbonyl (C=O) groups excluding carboxylic acids is 4. The number of aromatic amines is 2. The van der Waals surface area contributed by atoms with Crippen molar-refractivity contribution in [1.82, 2.24) is 50.6 Å². The lowest BCUT2D eigenvalue weighted by atomic mass is 9.90. The second-order valence-electron chi connectivity index (χ2n) is 16.4. The van der Waals surface area contributed by atoms with Gasteiger partial charge in [-0.3, -0.25) is 9.59 Å². The Morgan fingerprint density at radius 2 is 1.25 bits per heavy atom. The molecule has 3 aliphatic heterocycles. The van der Waals surface area contributed by atoms with Crippen LogP contribution >= 0.6 is 0 Å². The standard InChI is InChI=1S/C47H50N10O7/c1-62-46(60)52-40(28-8-4-3-5-9-28)44(58)57-21-7-11-39(57)43-49-27-37(51-43)35-17-16-34(54-55-35)32-14-12-31-25-33(15-13-30(31)24-32)36-26-48-42(50-36)38-10-6-20-56(38)45(59)41(53-47(61)63-2)29-18-22-64-23-19-29/h3-5,8-9,12-17,24-27,29,38-41H,6-7,10-11,18-23H2,1-2H3,(H,48,50)(H,49,51)(H,52,60)(H,53,61)/t38-,39-,40+,41-/m0/s1. The number of nitrogens with zero attached hydrogens (tertiary/aromatic N) is 6. The van der Waals surface area contributed by atoms with E-state index in [0.29, 0.717) is 79.9 Å². The number of aromatic nitrogens is 6. The number of methoxy groups -OCH3 is 2. The van der Waals surface area contributed by atoms with Crippen molar-refractivity contribution in [2.24, 2.45) is 5.92 Å². The van der Waals surface area contributed by atoms with E-state index in [-0.39, 0.29) is 29.8 Å². The van der Waals surface area contributed by atoms with Gasteiger partial charge in [0.1, 0.15) is 29.4 Å². The predicted octanol–water partition coefficient (Wildman–Crippen LogP) is 6.65. The van der Waals surface area contributed by atoms with E-state index in [0.717, 1.165) is 46.9 Å². The van der Waals surface area contributed by atoms with Crippen molar-refractivity contribution in [3.63, 3.8) is 0 Å². The summed E-state index contributed by atoms with van der Waals surface area (Å²) in [5.41, 5.74) is 5.38. The zero-order chi connectivity index (χ0) is 44.2. The van der Waals surface area contributed by atoms with E-state index in [4.69, 9.17) is 19.2 Å². The number of hydrogen-bond acceptors (Lipinski definition) is 11. The molecule has 0 unspecified atom stereocenters. The molecular weight excluding hydrogens is 817 g/mol. The zero-order valence-corrected chi connectivity index (χ0v) is 35.7. The molecule has 3 aromatic heterocycles. The van der Waals surface area contributed by atoms with Gasteiger partial charge in [0.25, 0.3) is 5.91 Å². The molecule has 0 saturated carbocycles. The van der Waals surface area contributed by atoms with Crippen LogP contribution in [0.4, 0.5) is 9.59 Å². The number of likely N-dealkylation sites (tertiary alicyclic amines) is 2. The van der Waals surface area contributed by atoms with Crippen LogP contribution in [0.15, 0.2) is 91.3 Å². The second-order valence-corrected chi connectivity index (χ2v) is 16.4. The van der Waals surface area contributed by atoms with Gasteiger partial charge in [-0.1, -0.05) is 54.6 Å². The van der Waals surface area contributed by atoms with E-state index >= 15 is 0 Å². The summed E-state index contributed by atoms with van der Waals surface area (Å²) in [4.78, 5) is 72.3. The Hall–Kier alpha value is -7.14. The number of hydrogen-bond donors (Lipinski definition) is 4. The highest BCUT2D eigenvalue weighted by atomic mass is 16.5. The fourth-order valence-corrected chi connectivity index (χ4v) is 9.19. The summed E-state index contributed by atoms with van der Waals surface area (Å²) < 4.78 is 15.2. The number of amides is 4. The molecule has 0 aliphatic carbocycles. The largest absolute Gasteiger partial charge is 0.453 e. The van der Waals surface area contributed by atoms with Gasteiger partial charge in [-0.25, -0.2) is 19.6 Å². The zero-order valence-electron chi connectivity index (χ0n) is 35.7. The molecule has 0 radical (unpaired) electrons. The molecule has 4 atom stereocenters. The van der Waals surface area contributed by atoms with Gasteiger partial charge >= 0.3 is 12.2 Å². The fourth-order valence-electron chi connectivity index (χ4n) is 9.19. The number of benzene rings is 3. The Bertz CT molecular complexity index is 2630. The molecule has 17 nitrogen and oxygen atoms in total. The van der Waals surface area contributed by atoms with Crippen LogP contribution in [0.3, 0.4) is 0 Å². The molecule has 6 aromatic rings. The molecule has 3 fully saturated rings. The van der Waals surface area contributed by atoms with Crippen molar-refractivity contribution < 1.29 is 33.4 Å². The third-order valence-corrected chi connectivity index (χ3v) is 12.6. The number of nitrogens with one attached hydrogen (secondary N) is 4. The monoisotopic (exact) mass is 866 g/mol. The normalized spacial score (nSPS) is 18.7. The smallest absolute Gasteiger partial charge is 0.407 e. The van der Waals surface area contributed by atoms with Crippen LogP contribution in [0.1, 0.15) is 73.9 Å². The summed E-state index contributed by atoms with van der Waals surface area (Å²) in [6, 6.07) is 23.2. The van der Waals surface area contributed by atoms with Gasteiger partial charge in [-0.05, 0) is 85.0 Å². The topological polar surface area (TPSA) is 210 Å². The first kappa shape index (κ1) is 42.2. The van der Waals surface area contributed by atoms with Gasteiger partial charge in [0.05, 0.1) is 55.8 Å². The number of carbonyl (C=O) groups is 4. The van der Waals surface area contributed by atoms with Crippen LogP contribution in [0.2, 0.25) is 0 Å². The van der Waals surface area contributed by atoms with Crippen molar-refractivity contribution in [2.45, 2.75) is 62.7 Å². The SMILES string of the molecule is COC(=O)N[C@H](C(=O)N1CCC[C@H]1c1ncc(-c2ccc3cc(-c4ccc(-c5cnc([C@@H]6CCCN6C(=O)[C@H](NC(=O)OC)c6ccccc6)[nH]5)nn4)ccc3c2)[nH]1)C1CCOCC1. The third kappa shape index (κ3) is 8.75. The summed E-state index contributed by atoms with van der Waals surface area (Å²) in [5.74, 6) is 0.948. The number of ether oxygens (including phenoxy) is 3. The Balaban J connectivity index is 0.868. The van der Waals surface area contributed by atoms with Crippen LogP contribution in [-0.4, -0.2) is 110 Å². The number of rotatable bonds is 11. The number of imidazole rings is 2. The molecule has 3 aliphatic rings. The maximum absolute atomic E-state index is 14.0. The molecule has 17 heteroatoms. The van der Waals surface area contributed by atoms with Gasteiger partial charge in [0.15, 0.2) is 0 Å². The first-order chi connectivity index (χ1) is 31.3. The number of alkyl carbamates (subject to hydrolysis) is 2. The highest BCUT2D eigenvalue weighted by molar-refractivity contribution is 5.91. The summed E-state index contributed by atoms with van der Waals surface area (Å²) in [7, 11) is 2.58. The first-order valence-electron chi connectivity index (χ1n) is 21.7. The lowest BCUT2D eigenvalue weighted by molar-refractivity contribution is -0.137. The van der Waals surface area contributed by atoms with Crippen LogP contribution in [0, 0.1) is 5.92 Å². The van der Waals surface area contributed by atoms with Crippen LogP contribution in [0.25, 0.3) is 44.7 Å². The van der Waals surface area contributed by atoms with Crippen molar-refractivity contribution in [3.8, 4) is 33.9 Å². The van der Waals surface area contributed by atoms with E-state index in [1.165, 1.54) is 14.2 Å². The van der Waals surface area contributed by atoms with E-state index in [1.54, 1.807) is 23.2 Å². The molecule has 0 bridgehead atoms. The van der Waals surface area contributed by atoms with Crippen molar-refractivity contribution in [2.75, 3.05) is 40.5 Å². The van der Waals surface area contributed by atoms with E-state index in [2.05, 4.69) is 60.0 Å². The van der Waals surface area contributed by atoms with Gasteiger partial charge < -0.3 is 44.6 Å². The molecule has 9 rings (SSSR count). The van der Waals surface area contributed by atoms with Gasteiger partial charge in [0.2, 0.25) is 5.91 Å². The summed E-state index contributed by atoms with van der Waals surface area (Å²) >= 11 is 0. The second kappa shape index (κ2) is 18.7. The maximum Gasteiger partial charge on any atom is 0.407 e. The molecule has 4 amide bonds. The Morgan fingerprint density at radius 1 is 0.672 bits per heavy atom. The van der Waals surface area contributed by atoms with E-state index in [9.17, 15) is 19.2 Å². The Kier molecular flexibility index (Phi) is 12.3. The molecule has 6 heterocycles. The maximum atomic E-state index is 14.0. The van der Waals surface area contributed by atoms with Crippen molar-refractivity contribution >= 4 is 34.8 Å². The highest BCUT2D eigenvalue weighted by Gasteiger charge is 2.40. The lowest BCUT2D eigenvalue weighted by Crippen LogP contribution is -2.53. The van der Waals surface area contributed by atoms with Crippen LogP contribution in [-0.2, 0) is 23.8 Å². The predicted molar refractivity (Wildman–Crippen MR) is 235 cm³/mol. The van der Waals surface area contributed by atoms with Gasteiger partial charge in [-0.2, -0.15) is 0 Å². The molecule has 0 spiro atoms. The average Bonchev–Trinajstić information content (AvgIpc) is 4.20. The van der Waals surface area contributed by atoms with Gasteiger partial charge in [-0.15, -0.1) is 10.2 Å². The third-order valence-electron chi connectivity index (χ3n) is 12.6. The molecule has 4 N–H and O–H groups in total. The fraction of sp³-hybridized carbons (Fsp3) is 0.362. The Morgan fingerprint density at radius 3 is 1.91 bits per heavy atom. The van der Waals surface area contributed by atoms with E-state index < -0.39 is 24.3 Å². The summed E-state index contributed by atoms with van der Waals surface area (Å²) in [6.45, 7) is 2.21. The highest BCUT2D eigenvalue weighted by Crippen LogP contribution is 2.36. The lowest BCUT2D eigenvalue weighted by Gasteiger charge is -2.34. The Labute approximate surface area is 369 Å². The minimum absolute atomic E-state index is 0.0378. The summed E-state index contributed by atoms with van der Waals surface area (Å²) in [5, 5.41) is 16.7. The molecule has 330 valence electrons. The molecular formula is C47H50N10O7. The molecule has 3 aromatic carbocycles. The quantitative estimate of drug-likeness (QED) is 0.108. The average molecular weight is 867 g/mol. The van der Waals surface area contributed by atoms with Crippen LogP contribution in [0.5, 0.6) is 0 Å². The first-order valence-corrected chi connectivity index (χ1v) is 21.7. The van der Waals surface area contributed by atoms with Crippen molar-refractivity contribution in [3.05, 3.63) is 108 Å². The summed E-state index contributed by atoms with van der Waals surface area (Å²) in [6.07, 6.45) is 6.68. The molecule has 3 saturated heterocycles. The number of H-pyrrole nitrogens is 2. The van der Waals surface area contributed by atoms with E-state index in [1.807, 2.05) is 53.6 Å². The van der Waals surface area contributed by atoms with Crippen LogP contribution < -0.4 is 10.6 Å².